The number of rotatable bonds is 4. The molecule has 1 saturated heterocycles. The molecule has 1 aromatic rings. The number of cyclic esters (lactones) is 2. The van der Waals surface area contributed by atoms with Crippen molar-refractivity contribution in [2.75, 3.05) is 11.9 Å². The third kappa shape index (κ3) is 4.06. The molecule has 0 atom stereocenters. The van der Waals surface area contributed by atoms with Crippen LogP contribution in [0.5, 0.6) is 0 Å². The van der Waals surface area contributed by atoms with Gasteiger partial charge >= 0.3 is 17.9 Å². The number of anilines is 1. The molecule has 1 N–H and O–H groups in total. The molecule has 0 amide bonds. The summed E-state index contributed by atoms with van der Waals surface area (Å²) in [6.07, 6.45) is 1.12. The minimum Gasteiger partial charge on any atom is -0.461 e. The third-order valence-corrected chi connectivity index (χ3v) is 2.71. The van der Waals surface area contributed by atoms with Crippen molar-refractivity contribution < 1.29 is 28.6 Å². The Morgan fingerprint density at radius 1 is 1.30 bits per heavy atom. The summed E-state index contributed by atoms with van der Waals surface area (Å²) in [5, 5.41) is 2.66. The first-order valence-electron chi connectivity index (χ1n) is 6.90. The van der Waals surface area contributed by atoms with E-state index in [-0.39, 0.29) is 23.7 Å². The van der Waals surface area contributed by atoms with E-state index in [1.54, 1.807) is 19.1 Å². The highest BCUT2D eigenvalue weighted by molar-refractivity contribution is 6.15. The fraction of sp³-hybridized carbons (Fsp3) is 0.333. The molecule has 122 valence electrons. The number of ether oxygens (including phenoxy) is 3. The molecule has 0 radical (unpaired) electrons. The minimum absolute atomic E-state index is 0.102. The Bertz CT molecular complexity index is 658. The molecule has 8 nitrogen and oxygen atoms in total. The lowest BCUT2D eigenvalue weighted by Gasteiger charge is -2.29. The van der Waals surface area contributed by atoms with Crippen LogP contribution in [-0.2, 0) is 23.8 Å². The Hall–Kier alpha value is -2.90. The number of nitrogens with one attached hydrogen (secondary N) is 1. The molecule has 1 aliphatic heterocycles. The average Bonchev–Trinajstić information content (AvgIpc) is 2.45. The van der Waals surface area contributed by atoms with Crippen LogP contribution in [0.3, 0.4) is 0 Å². The topological polar surface area (TPSA) is 104 Å². The lowest BCUT2D eigenvalue weighted by Crippen LogP contribution is -2.42. The zero-order valence-corrected chi connectivity index (χ0v) is 12.9. The zero-order chi connectivity index (χ0) is 17.0. The Balaban J connectivity index is 2.14. The van der Waals surface area contributed by atoms with E-state index < -0.39 is 23.7 Å². The maximum absolute atomic E-state index is 11.8. The number of aromatic nitrogens is 1. The van der Waals surface area contributed by atoms with Gasteiger partial charge in [-0.1, -0.05) is 6.07 Å². The van der Waals surface area contributed by atoms with E-state index in [1.807, 2.05) is 0 Å². The van der Waals surface area contributed by atoms with Crippen LogP contribution in [0.1, 0.15) is 31.3 Å². The van der Waals surface area contributed by atoms with Crippen LogP contribution in [0, 0.1) is 0 Å². The standard InChI is InChI=1S/C15H16N2O6/c1-4-21-14(20)10-6-5-7-11(17-10)16-8-9-12(18)22-15(2,3)23-13(9)19/h5-8H,4H2,1-3H3,(H,16,17). The maximum Gasteiger partial charge on any atom is 0.356 e. The van der Waals surface area contributed by atoms with Crippen LogP contribution in [0.2, 0.25) is 0 Å². The fourth-order valence-corrected chi connectivity index (χ4v) is 1.76. The molecule has 0 saturated carbocycles. The van der Waals surface area contributed by atoms with Crippen molar-refractivity contribution >= 4 is 23.7 Å². The molecule has 2 rings (SSSR count). The van der Waals surface area contributed by atoms with Crippen LogP contribution in [0.25, 0.3) is 0 Å². The van der Waals surface area contributed by atoms with E-state index in [2.05, 4.69) is 10.3 Å². The number of esters is 3. The first-order valence-corrected chi connectivity index (χ1v) is 6.90. The number of carbonyl (C=O) groups is 3. The monoisotopic (exact) mass is 320 g/mol. The first kappa shape index (κ1) is 16.5. The van der Waals surface area contributed by atoms with Gasteiger partial charge in [-0.3, -0.25) is 0 Å². The zero-order valence-electron chi connectivity index (χ0n) is 12.9. The Kier molecular flexibility index (Phi) is 4.63. The van der Waals surface area contributed by atoms with Gasteiger partial charge in [-0.15, -0.1) is 0 Å². The van der Waals surface area contributed by atoms with Crippen molar-refractivity contribution in [1.29, 1.82) is 0 Å². The van der Waals surface area contributed by atoms with Crippen molar-refractivity contribution in [3.8, 4) is 0 Å². The van der Waals surface area contributed by atoms with Gasteiger partial charge in [-0.25, -0.2) is 19.4 Å². The van der Waals surface area contributed by atoms with Crippen molar-refractivity contribution in [1.82, 2.24) is 4.98 Å². The Morgan fingerprint density at radius 2 is 1.96 bits per heavy atom. The molecular weight excluding hydrogens is 304 g/mol. The SMILES string of the molecule is CCOC(=O)c1cccc(NC=C2C(=O)OC(C)(C)OC2=O)n1. The minimum atomic E-state index is -1.30. The van der Waals surface area contributed by atoms with E-state index in [9.17, 15) is 14.4 Å². The number of hydrogen-bond acceptors (Lipinski definition) is 8. The van der Waals surface area contributed by atoms with Gasteiger partial charge in [0.15, 0.2) is 11.3 Å². The van der Waals surface area contributed by atoms with E-state index in [0.717, 1.165) is 6.20 Å². The highest BCUT2D eigenvalue weighted by atomic mass is 16.7. The molecule has 23 heavy (non-hydrogen) atoms. The fourth-order valence-electron chi connectivity index (χ4n) is 1.76. The summed E-state index contributed by atoms with van der Waals surface area (Å²) in [7, 11) is 0. The summed E-state index contributed by atoms with van der Waals surface area (Å²) in [5.74, 6) is -3.22. The van der Waals surface area contributed by atoms with Crippen molar-refractivity contribution in [3.63, 3.8) is 0 Å². The molecule has 1 aliphatic rings. The number of nitrogens with zero attached hydrogens (tertiary/aromatic N) is 1. The van der Waals surface area contributed by atoms with Crippen LogP contribution >= 0.6 is 0 Å². The highest BCUT2D eigenvalue weighted by Gasteiger charge is 2.38. The predicted molar refractivity (Wildman–Crippen MR) is 78.2 cm³/mol. The van der Waals surface area contributed by atoms with Gasteiger partial charge < -0.3 is 19.5 Å². The average molecular weight is 320 g/mol. The van der Waals surface area contributed by atoms with Gasteiger partial charge in [0.25, 0.3) is 5.79 Å². The quantitative estimate of drug-likeness (QED) is 0.504. The molecule has 0 aliphatic carbocycles. The molecule has 0 aromatic carbocycles. The molecule has 0 spiro atoms. The summed E-state index contributed by atoms with van der Waals surface area (Å²) in [5.41, 5.74) is -0.196. The Morgan fingerprint density at radius 3 is 2.57 bits per heavy atom. The van der Waals surface area contributed by atoms with Gasteiger partial charge in [0.1, 0.15) is 5.82 Å². The molecular formula is C15H16N2O6. The van der Waals surface area contributed by atoms with Gasteiger partial charge in [0.2, 0.25) is 0 Å². The summed E-state index contributed by atoms with van der Waals surface area (Å²) >= 11 is 0. The summed E-state index contributed by atoms with van der Waals surface area (Å²) in [4.78, 5) is 39.2. The number of hydrogen-bond donors (Lipinski definition) is 1. The van der Waals surface area contributed by atoms with Gasteiger partial charge in [0.05, 0.1) is 6.61 Å². The van der Waals surface area contributed by atoms with Crippen molar-refractivity contribution in [2.24, 2.45) is 0 Å². The van der Waals surface area contributed by atoms with E-state index in [1.165, 1.54) is 19.9 Å². The lowest BCUT2D eigenvalue weighted by atomic mass is 10.2. The molecule has 1 aromatic heterocycles. The van der Waals surface area contributed by atoms with E-state index in [0.29, 0.717) is 0 Å². The second-order valence-electron chi connectivity index (χ2n) is 5.01. The molecule has 8 heteroatoms. The Labute approximate surface area is 132 Å². The van der Waals surface area contributed by atoms with E-state index in [4.69, 9.17) is 14.2 Å². The number of pyridine rings is 1. The first-order chi connectivity index (χ1) is 10.8. The smallest absolute Gasteiger partial charge is 0.356 e. The van der Waals surface area contributed by atoms with Crippen LogP contribution in [0.4, 0.5) is 5.82 Å². The maximum atomic E-state index is 11.8. The van der Waals surface area contributed by atoms with Gasteiger partial charge in [0, 0.05) is 20.0 Å². The van der Waals surface area contributed by atoms with Crippen LogP contribution < -0.4 is 5.32 Å². The van der Waals surface area contributed by atoms with Crippen LogP contribution in [0.15, 0.2) is 30.0 Å². The van der Waals surface area contributed by atoms with Gasteiger partial charge in [-0.05, 0) is 19.1 Å². The second-order valence-corrected chi connectivity index (χ2v) is 5.01. The van der Waals surface area contributed by atoms with Crippen molar-refractivity contribution in [3.05, 3.63) is 35.7 Å². The second kappa shape index (κ2) is 6.47. The third-order valence-electron chi connectivity index (χ3n) is 2.71. The summed E-state index contributed by atoms with van der Waals surface area (Å²) < 4.78 is 14.8. The molecule has 0 unspecified atom stereocenters. The summed E-state index contributed by atoms with van der Waals surface area (Å²) in [6.45, 7) is 4.83. The summed E-state index contributed by atoms with van der Waals surface area (Å²) in [6, 6.07) is 4.63. The van der Waals surface area contributed by atoms with Crippen LogP contribution in [-0.4, -0.2) is 35.3 Å². The van der Waals surface area contributed by atoms with Crippen molar-refractivity contribution in [2.45, 2.75) is 26.6 Å². The highest BCUT2D eigenvalue weighted by Crippen LogP contribution is 2.22. The van der Waals surface area contributed by atoms with E-state index >= 15 is 0 Å². The predicted octanol–water partition coefficient (Wildman–Crippen LogP) is 1.39. The van der Waals surface area contributed by atoms with Gasteiger partial charge in [-0.2, -0.15) is 0 Å². The number of carbonyl (C=O) groups excluding carboxylic acids is 3. The molecule has 1 fully saturated rings. The normalized spacial score (nSPS) is 16.2. The molecule has 0 bridgehead atoms. The molecule has 2 heterocycles. The largest absolute Gasteiger partial charge is 0.461 e. The lowest BCUT2D eigenvalue weighted by molar-refractivity contribution is -0.222.